The van der Waals surface area contributed by atoms with Gasteiger partial charge < -0.3 is 10.2 Å². The summed E-state index contributed by atoms with van der Waals surface area (Å²) in [5.41, 5.74) is 2.01. The highest BCUT2D eigenvalue weighted by molar-refractivity contribution is 5.52. The summed E-state index contributed by atoms with van der Waals surface area (Å²) < 4.78 is 0. The monoisotopic (exact) mass is 258 g/mol. The molecule has 1 fully saturated rings. The largest absolute Gasteiger partial charge is 0.508 e. The van der Waals surface area contributed by atoms with E-state index in [9.17, 15) is 10.2 Å². The second kappa shape index (κ2) is 5.12. The molecule has 0 aliphatic heterocycles. The Bertz CT molecular complexity index is 520. The molecule has 0 saturated heterocycles. The number of hydrogen-bond acceptors (Lipinski definition) is 2. The van der Waals surface area contributed by atoms with E-state index in [-0.39, 0.29) is 16.9 Å². The fraction of sp³-hybridized carbons (Fsp3) is 0.412. The van der Waals surface area contributed by atoms with Crippen molar-refractivity contribution < 1.29 is 10.2 Å². The summed E-state index contributed by atoms with van der Waals surface area (Å²) in [5.74, 6) is 1.02. The van der Waals surface area contributed by atoms with E-state index in [0.717, 1.165) is 18.4 Å². The molecule has 2 heteroatoms. The predicted octanol–water partition coefficient (Wildman–Crippen LogP) is 4.29. The molecule has 0 amide bonds. The molecule has 2 nitrogen and oxygen atoms in total. The lowest BCUT2D eigenvalue weighted by Gasteiger charge is -2.18. The summed E-state index contributed by atoms with van der Waals surface area (Å²) in [6, 6.07) is 4.78. The average molecular weight is 258 g/mol. The predicted molar refractivity (Wildman–Crippen MR) is 78.4 cm³/mol. The Morgan fingerprint density at radius 2 is 1.95 bits per heavy atom. The molecule has 0 unspecified atom stereocenters. The van der Waals surface area contributed by atoms with Crippen molar-refractivity contribution in [3.05, 3.63) is 47.6 Å². The van der Waals surface area contributed by atoms with E-state index in [2.05, 4.69) is 39.0 Å². The zero-order valence-electron chi connectivity index (χ0n) is 11.9. The van der Waals surface area contributed by atoms with Gasteiger partial charge in [0.2, 0.25) is 0 Å². The van der Waals surface area contributed by atoms with Crippen molar-refractivity contribution >= 4 is 0 Å². The fourth-order valence-electron chi connectivity index (χ4n) is 2.49. The molecule has 0 heterocycles. The van der Waals surface area contributed by atoms with Gasteiger partial charge in [-0.1, -0.05) is 37.6 Å². The van der Waals surface area contributed by atoms with Crippen LogP contribution in [0.5, 0.6) is 11.5 Å². The zero-order valence-corrected chi connectivity index (χ0v) is 11.9. The van der Waals surface area contributed by atoms with Crippen molar-refractivity contribution in [2.75, 3.05) is 0 Å². The van der Waals surface area contributed by atoms with E-state index in [4.69, 9.17) is 0 Å². The summed E-state index contributed by atoms with van der Waals surface area (Å²) >= 11 is 0. The second-order valence-electron chi connectivity index (χ2n) is 5.76. The third kappa shape index (κ3) is 2.83. The van der Waals surface area contributed by atoms with Crippen molar-refractivity contribution in [3.8, 4) is 11.5 Å². The van der Waals surface area contributed by atoms with Crippen LogP contribution in [0.3, 0.4) is 0 Å². The third-order valence-electron chi connectivity index (χ3n) is 3.84. The first-order valence-corrected chi connectivity index (χ1v) is 6.84. The fourth-order valence-corrected chi connectivity index (χ4v) is 2.49. The molecular weight excluding hydrogens is 236 g/mol. The van der Waals surface area contributed by atoms with E-state index in [1.54, 1.807) is 12.1 Å². The molecule has 19 heavy (non-hydrogen) atoms. The van der Waals surface area contributed by atoms with Gasteiger partial charge in [0.15, 0.2) is 0 Å². The van der Waals surface area contributed by atoms with Crippen LogP contribution in [0, 0.1) is 5.92 Å². The molecule has 2 rings (SSSR count). The summed E-state index contributed by atoms with van der Waals surface area (Å²) in [4.78, 5) is 0. The van der Waals surface area contributed by atoms with Gasteiger partial charge in [0.05, 0.1) is 0 Å². The average Bonchev–Trinajstić information content (AvgIpc) is 3.13. The van der Waals surface area contributed by atoms with Crippen LogP contribution in [-0.2, 0) is 5.41 Å². The van der Waals surface area contributed by atoms with E-state index >= 15 is 0 Å². The van der Waals surface area contributed by atoms with Gasteiger partial charge in [0, 0.05) is 11.0 Å². The summed E-state index contributed by atoms with van der Waals surface area (Å²) in [7, 11) is 0. The molecule has 0 bridgehead atoms. The van der Waals surface area contributed by atoms with Gasteiger partial charge in [-0.05, 0) is 43.9 Å². The van der Waals surface area contributed by atoms with Crippen LogP contribution in [0.1, 0.15) is 39.2 Å². The Kier molecular flexibility index (Phi) is 3.70. The summed E-state index contributed by atoms with van der Waals surface area (Å²) in [6.07, 6.45) is 8.42. The highest BCUT2D eigenvalue weighted by atomic mass is 16.3. The lowest BCUT2D eigenvalue weighted by Crippen LogP contribution is -2.08. The third-order valence-corrected chi connectivity index (χ3v) is 3.84. The Hall–Kier alpha value is -1.70. The number of aromatic hydroxyl groups is 2. The quantitative estimate of drug-likeness (QED) is 0.625. The number of phenolic OH excluding ortho intramolecular Hbond substituents is 2. The molecule has 1 saturated carbocycles. The van der Waals surface area contributed by atoms with Crippen LogP contribution < -0.4 is 0 Å². The molecule has 2 N–H and O–H groups in total. The maximum absolute atomic E-state index is 10.0. The second-order valence-corrected chi connectivity index (χ2v) is 5.76. The lowest BCUT2D eigenvalue weighted by atomic mass is 9.87. The van der Waals surface area contributed by atoms with Gasteiger partial charge in [0.1, 0.15) is 11.5 Å². The lowest BCUT2D eigenvalue weighted by molar-refractivity contribution is 0.449. The highest BCUT2D eigenvalue weighted by Crippen LogP contribution is 2.56. The van der Waals surface area contributed by atoms with Crippen molar-refractivity contribution in [1.82, 2.24) is 0 Å². The van der Waals surface area contributed by atoms with Crippen LogP contribution in [0.25, 0.3) is 0 Å². The molecule has 0 atom stereocenters. The maximum atomic E-state index is 10.0. The molecule has 0 spiro atoms. The van der Waals surface area contributed by atoms with Crippen LogP contribution in [0.4, 0.5) is 0 Å². The zero-order chi connectivity index (χ0) is 14.0. The van der Waals surface area contributed by atoms with Crippen LogP contribution in [0.15, 0.2) is 42.0 Å². The Morgan fingerprint density at radius 3 is 2.53 bits per heavy atom. The van der Waals surface area contributed by atoms with Gasteiger partial charge in [-0.25, -0.2) is 0 Å². The smallest absolute Gasteiger partial charge is 0.119 e. The van der Waals surface area contributed by atoms with E-state index in [1.807, 2.05) is 0 Å². The Balaban J connectivity index is 2.30. The minimum atomic E-state index is -0.0792. The van der Waals surface area contributed by atoms with Crippen molar-refractivity contribution in [1.29, 1.82) is 0 Å². The number of allylic oxidation sites excluding steroid dienone is 4. The molecular formula is C17H22O2. The summed E-state index contributed by atoms with van der Waals surface area (Å²) in [6.45, 7) is 6.39. The molecule has 0 radical (unpaired) electrons. The Morgan fingerprint density at radius 1 is 1.26 bits per heavy atom. The van der Waals surface area contributed by atoms with Crippen LogP contribution >= 0.6 is 0 Å². The van der Waals surface area contributed by atoms with E-state index < -0.39 is 0 Å². The van der Waals surface area contributed by atoms with Crippen LogP contribution in [0.2, 0.25) is 0 Å². The van der Waals surface area contributed by atoms with E-state index in [0.29, 0.717) is 5.92 Å². The number of hydrogen-bond donors (Lipinski definition) is 2. The first kappa shape index (κ1) is 13.7. The minimum Gasteiger partial charge on any atom is -0.508 e. The van der Waals surface area contributed by atoms with Gasteiger partial charge in [0.25, 0.3) is 0 Å². The normalized spacial score (nSPS) is 18.2. The van der Waals surface area contributed by atoms with Crippen LogP contribution in [-0.4, -0.2) is 10.2 Å². The molecule has 0 aromatic heterocycles. The number of benzene rings is 1. The van der Waals surface area contributed by atoms with Crippen molar-refractivity contribution in [2.45, 2.75) is 39.0 Å². The standard InChI is InChI=1S/C17H22O2/c1-12(2)5-4-6-13(3)17(9-10-17)15-11-14(18)7-8-16(15)19/h4-8,11-12,18-19H,9-10H2,1-3H3/b5-4-,13-6+. The van der Waals surface area contributed by atoms with E-state index in [1.165, 1.54) is 11.6 Å². The number of phenols is 2. The van der Waals surface area contributed by atoms with Gasteiger partial charge in [-0.15, -0.1) is 0 Å². The molecule has 1 aromatic carbocycles. The molecule has 1 aromatic rings. The first-order valence-electron chi connectivity index (χ1n) is 6.84. The number of rotatable bonds is 4. The topological polar surface area (TPSA) is 40.5 Å². The minimum absolute atomic E-state index is 0.0792. The first-order chi connectivity index (χ1) is 8.95. The highest BCUT2D eigenvalue weighted by Gasteiger charge is 2.47. The van der Waals surface area contributed by atoms with Gasteiger partial charge >= 0.3 is 0 Å². The molecule has 102 valence electrons. The van der Waals surface area contributed by atoms with Gasteiger partial charge in [-0.3, -0.25) is 0 Å². The SMILES string of the molecule is C/C(=C\C=C/C(C)C)C1(c2cc(O)ccc2O)CC1. The molecule has 1 aliphatic carbocycles. The van der Waals surface area contributed by atoms with Gasteiger partial charge in [-0.2, -0.15) is 0 Å². The maximum Gasteiger partial charge on any atom is 0.119 e. The summed E-state index contributed by atoms with van der Waals surface area (Å²) in [5, 5.41) is 19.6. The molecule has 1 aliphatic rings. The van der Waals surface area contributed by atoms with Crippen molar-refractivity contribution in [3.63, 3.8) is 0 Å². The Labute approximate surface area is 115 Å². The van der Waals surface area contributed by atoms with Crippen molar-refractivity contribution in [2.24, 2.45) is 5.92 Å².